The third-order valence-corrected chi connectivity index (χ3v) is 3.60. The van der Waals surface area contributed by atoms with Crippen molar-refractivity contribution >= 4 is 17.7 Å². The van der Waals surface area contributed by atoms with Crippen molar-refractivity contribution in [2.75, 3.05) is 0 Å². The Hall–Kier alpha value is -2.39. The number of thioether (sulfide) groups is 1. The van der Waals surface area contributed by atoms with Crippen LogP contribution in [0, 0.1) is 11.3 Å². The topological polar surface area (TPSA) is 86.9 Å². The molecule has 1 atom stereocenters. The number of benzene rings is 1. The highest BCUT2D eigenvalue weighted by Gasteiger charge is 2.21. The molecule has 0 aliphatic heterocycles. The highest BCUT2D eigenvalue weighted by Crippen LogP contribution is 2.23. The summed E-state index contributed by atoms with van der Waals surface area (Å²) in [4.78, 5) is 19.3. The van der Waals surface area contributed by atoms with Crippen molar-refractivity contribution in [3.63, 3.8) is 0 Å². The molecular weight excluding hydrogens is 274 g/mol. The van der Waals surface area contributed by atoms with E-state index in [2.05, 4.69) is 9.97 Å². The first-order valence-corrected chi connectivity index (χ1v) is 6.73. The van der Waals surface area contributed by atoms with Crippen LogP contribution in [0.1, 0.15) is 11.3 Å². The molecule has 0 aliphatic carbocycles. The molecule has 0 aliphatic rings. The molecule has 0 amide bonds. The van der Waals surface area contributed by atoms with Crippen molar-refractivity contribution < 1.29 is 9.90 Å². The van der Waals surface area contributed by atoms with Crippen LogP contribution in [0.4, 0.5) is 0 Å². The summed E-state index contributed by atoms with van der Waals surface area (Å²) in [5.74, 6) is -0.926. The van der Waals surface area contributed by atoms with Gasteiger partial charge in [0.15, 0.2) is 5.16 Å². The highest BCUT2D eigenvalue weighted by atomic mass is 32.2. The number of hydrogen-bond donors (Lipinski definition) is 1. The van der Waals surface area contributed by atoms with E-state index in [-0.39, 0.29) is 5.69 Å². The van der Waals surface area contributed by atoms with Gasteiger partial charge in [0.25, 0.3) is 0 Å². The van der Waals surface area contributed by atoms with Gasteiger partial charge in [0, 0.05) is 6.20 Å². The molecule has 100 valence electrons. The lowest BCUT2D eigenvalue weighted by Crippen LogP contribution is -2.19. The molecule has 1 unspecified atom stereocenters. The van der Waals surface area contributed by atoms with E-state index in [9.17, 15) is 9.90 Å². The van der Waals surface area contributed by atoms with Crippen molar-refractivity contribution in [2.45, 2.75) is 16.8 Å². The number of hydrogen-bond acceptors (Lipinski definition) is 5. The van der Waals surface area contributed by atoms with Gasteiger partial charge >= 0.3 is 5.97 Å². The minimum atomic E-state index is -0.926. The monoisotopic (exact) mass is 285 g/mol. The zero-order valence-corrected chi connectivity index (χ0v) is 11.2. The Bertz CT molecular complexity index is 640. The summed E-state index contributed by atoms with van der Waals surface area (Å²) in [6.45, 7) is 0. The Kier molecular flexibility index (Phi) is 4.69. The largest absolute Gasteiger partial charge is 0.480 e. The van der Waals surface area contributed by atoms with Crippen molar-refractivity contribution in [1.82, 2.24) is 9.97 Å². The summed E-state index contributed by atoms with van der Waals surface area (Å²) in [5, 5.41) is 17.7. The number of carbonyl (C=O) groups is 1. The lowest BCUT2D eigenvalue weighted by molar-refractivity contribution is -0.136. The SMILES string of the molecule is N#Cc1ccnc(SC(Cc2ccccc2)C(=O)O)n1. The van der Waals surface area contributed by atoms with Crippen LogP contribution in [0.2, 0.25) is 0 Å². The van der Waals surface area contributed by atoms with Gasteiger partial charge in [0.2, 0.25) is 0 Å². The van der Waals surface area contributed by atoms with Gasteiger partial charge in [-0.15, -0.1) is 0 Å². The van der Waals surface area contributed by atoms with E-state index in [0.717, 1.165) is 17.3 Å². The molecule has 1 heterocycles. The van der Waals surface area contributed by atoms with Crippen molar-refractivity contribution in [2.24, 2.45) is 0 Å². The van der Waals surface area contributed by atoms with Gasteiger partial charge in [0.1, 0.15) is 17.0 Å². The molecule has 1 N–H and O–H groups in total. The van der Waals surface area contributed by atoms with Gasteiger partial charge in [-0.3, -0.25) is 4.79 Å². The average Bonchev–Trinajstić information content (AvgIpc) is 2.48. The van der Waals surface area contributed by atoms with E-state index in [0.29, 0.717) is 11.6 Å². The van der Waals surface area contributed by atoms with Crippen LogP contribution in [0.25, 0.3) is 0 Å². The van der Waals surface area contributed by atoms with E-state index in [1.807, 2.05) is 36.4 Å². The van der Waals surface area contributed by atoms with Gasteiger partial charge in [0.05, 0.1) is 0 Å². The summed E-state index contributed by atoms with van der Waals surface area (Å²) in [6, 6.07) is 12.8. The number of carboxylic acids is 1. The highest BCUT2D eigenvalue weighted by molar-refractivity contribution is 8.00. The lowest BCUT2D eigenvalue weighted by atomic mass is 10.1. The van der Waals surface area contributed by atoms with Crippen LogP contribution in [0.15, 0.2) is 47.8 Å². The first kappa shape index (κ1) is 14.0. The summed E-state index contributed by atoms with van der Waals surface area (Å²) in [7, 11) is 0. The minimum absolute atomic E-state index is 0.228. The van der Waals surface area contributed by atoms with Crippen molar-refractivity contribution in [3.8, 4) is 6.07 Å². The second kappa shape index (κ2) is 6.68. The third-order valence-electron chi connectivity index (χ3n) is 2.54. The van der Waals surface area contributed by atoms with Gasteiger partial charge in [-0.2, -0.15) is 5.26 Å². The first-order valence-electron chi connectivity index (χ1n) is 5.85. The Balaban J connectivity index is 2.14. The molecule has 2 aromatic rings. The van der Waals surface area contributed by atoms with Crippen LogP contribution in [0.3, 0.4) is 0 Å². The van der Waals surface area contributed by atoms with Crippen LogP contribution >= 0.6 is 11.8 Å². The van der Waals surface area contributed by atoms with E-state index in [1.165, 1.54) is 12.3 Å². The molecule has 1 aromatic heterocycles. The van der Waals surface area contributed by atoms with Gasteiger partial charge in [-0.1, -0.05) is 42.1 Å². The van der Waals surface area contributed by atoms with E-state index in [4.69, 9.17) is 5.26 Å². The van der Waals surface area contributed by atoms with Crippen LogP contribution < -0.4 is 0 Å². The smallest absolute Gasteiger partial charge is 0.317 e. The maximum atomic E-state index is 11.3. The van der Waals surface area contributed by atoms with Gasteiger partial charge in [-0.25, -0.2) is 9.97 Å². The number of aromatic nitrogens is 2. The maximum Gasteiger partial charge on any atom is 0.317 e. The molecule has 0 radical (unpaired) electrons. The standard InChI is InChI=1S/C14H11N3O2S/c15-9-11-6-7-16-14(17-11)20-12(13(18)19)8-10-4-2-1-3-5-10/h1-7,12H,8H2,(H,18,19). The number of carboxylic acid groups (broad SMARTS) is 1. The fraction of sp³-hybridized carbons (Fsp3) is 0.143. The number of nitrogens with zero attached hydrogens (tertiary/aromatic N) is 3. The zero-order valence-electron chi connectivity index (χ0n) is 10.4. The van der Waals surface area contributed by atoms with E-state index in [1.54, 1.807) is 0 Å². The lowest BCUT2D eigenvalue weighted by Gasteiger charge is -2.10. The molecule has 0 saturated heterocycles. The third kappa shape index (κ3) is 3.80. The second-order valence-electron chi connectivity index (χ2n) is 3.97. The van der Waals surface area contributed by atoms with Crippen molar-refractivity contribution in [1.29, 1.82) is 5.26 Å². The predicted octanol–water partition coefficient (Wildman–Crippen LogP) is 2.14. The van der Waals surface area contributed by atoms with Crippen LogP contribution in [-0.2, 0) is 11.2 Å². The summed E-state index contributed by atoms with van der Waals surface area (Å²) < 4.78 is 0. The molecule has 0 fully saturated rings. The number of rotatable bonds is 5. The van der Waals surface area contributed by atoms with E-state index >= 15 is 0 Å². The number of nitriles is 1. The molecule has 0 bridgehead atoms. The van der Waals surface area contributed by atoms with Gasteiger partial charge < -0.3 is 5.11 Å². The number of aliphatic carboxylic acids is 1. The normalized spacial score (nSPS) is 11.6. The maximum absolute atomic E-state index is 11.3. The zero-order chi connectivity index (χ0) is 14.4. The van der Waals surface area contributed by atoms with Crippen LogP contribution in [-0.4, -0.2) is 26.3 Å². The fourth-order valence-electron chi connectivity index (χ4n) is 1.59. The Morgan fingerprint density at radius 2 is 2.10 bits per heavy atom. The van der Waals surface area contributed by atoms with Crippen LogP contribution in [0.5, 0.6) is 0 Å². The second-order valence-corrected chi connectivity index (χ2v) is 5.14. The molecule has 5 nitrogen and oxygen atoms in total. The van der Waals surface area contributed by atoms with Crippen molar-refractivity contribution in [3.05, 3.63) is 53.9 Å². The molecular formula is C14H11N3O2S. The van der Waals surface area contributed by atoms with Gasteiger partial charge in [-0.05, 0) is 18.1 Å². The average molecular weight is 285 g/mol. The molecule has 6 heteroatoms. The van der Waals surface area contributed by atoms with E-state index < -0.39 is 11.2 Å². The first-order chi connectivity index (χ1) is 9.69. The summed E-state index contributed by atoms with van der Waals surface area (Å²) in [6.07, 6.45) is 1.83. The molecule has 0 saturated carbocycles. The fourth-order valence-corrected chi connectivity index (χ4v) is 2.50. The Morgan fingerprint density at radius 1 is 1.35 bits per heavy atom. The minimum Gasteiger partial charge on any atom is -0.480 e. The molecule has 20 heavy (non-hydrogen) atoms. The quantitative estimate of drug-likeness (QED) is 0.669. The summed E-state index contributed by atoms with van der Waals surface area (Å²) >= 11 is 1.05. The molecule has 0 spiro atoms. The summed E-state index contributed by atoms with van der Waals surface area (Å²) in [5.41, 5.74) is 1.16. The molecule has 2 rings (SSSR count). The Labute approximate surface area is 120 Å². The predicted molar refractivity (Wildman–Crippen MR) is 74.2 cm³/mol. The Morgan fingerprint density at radius 3 is 2.75 bits per heavy atom. The molecule has 1 aromatic carbocycles.